The third-order valence-corrected chi connectivity index (χ3v) is 4.95. The second-order valence-corrected chi connectivity index (χ2v) is 6.70. The molecule has 7 heteroatoms. The molecule has 2 heterocycles. The summed E-state index contributed by atoms with van der Waals surface area (Å²) in [5.41, 5.74) is 6.10. The number of rotatable bonds is 4. The van der Waals surface area contributed by atoms with Gasteiger partial charge in [-0.1, -0.05) is 41.9 Å². The molecule has 0 unspecified atom stereocenters. The fourth-order valence-corrected chi connectivity index (χ4v) is 3.67. The lowest BCUT2D eigenvalue weighted by atomic mass is 10.2. The predicted octanol–water partition coefficient (Wildman–Crippen LogP) is 4.13. The fraction of sp³-hybridized carbons (Fsp3) is 0.0556. The number of halogens is 1. The summed E-state index contributed by atoms with van der Waals surface area (Å²) in [7, 11) is 0. The highest BCUT2D eigenvalue weighted by molar-refractivity contribution is 7.13. The molecule has 0 atom stereocenters. The topological polar surface area (TPSA) is 59.8 Å². The Hall–Kier alpha value is -2.70. The van der Waals surface area contributed by atoms with Gasteiger partial charge >= 0.3 is 0 Å². The summed E-state index contributed by atoms with van der Waals surface area (Å²) in [4.78, 5) is 21.1. The molecule has 4 aromatic rings. The minimum atomic E-state index is -0.154. The largest absolute Gasteiger partial charge is 0.273 e. The number of thiazole rings is 1. The van der Waals surface area contributed by atoms with Crippen molar-refractivity contribution in [3.05, 3.63) is 71.0 Å². The van der Waals surface area contributed by atoms with Gasteiger partial charge < -0.3 is 0 Å². The number of hydrogen-bond acceptors (Lipinski definition) is 4. The van der Waals surface area contributed by atoms with Gasteiger partial charge in [-0.15, -0.1) is 11.3 Å². The van der Waals surface area contributed by atoms with Crippen LogP contribution in [0.1, 0.15) is 5.69 Å². The Balaban J connectivity index is 1.49. The first kappa shape index (κ1) is 15.8. The third-order valence-electron chi connectivity index (χ3n) is 3.70. The van der Waals surface area contributed by atoms with Crippen molar-refractivity contribution in [3.8, 4) is 10.6 Å². The van der Waals surface area contributed by atoms with Gasteiger partial charge in [-0.05, 0) is 18.2 Å². The molecular formula is C18H13ClN4OS. The van der Waals surface area contributed by atoms with Gasteiger partial charge in [-0.2, -0.15) is 0 Å². The van der Waals surface area contributed by atoms with Crippen LogP contribution in [-0.2, 0) is 11.2 Å². The molecule has 2 aromatic carbocycles. The number of amides is 1. The highest BCUT2D eigenvalue weighted by Gasteiger charge is 2.12. The van der Waals surface area contributed by atoms with Crippen molar-refractivity contribution in [2.45, 2.75) is 6.42 Å². The van der Waals surface area contributed by atoms with Crippen molar-refractivity contribution in [2.24, 2.45) is 0 Å². The first-order valence-electron chi connectivity index (χ1n) is 7.62. The molecule has 0 spiro atoms. The number of nitrogens with one attached hydrogen (secondary N) is 1. The monoisotopic (exact) mass is 368 g/mol. The Kier molecular flexibility index (Phi) is 4.21. The van der Waals surface area contributed by atoms with Crippen molar-refractivity contribution in [2.75, 3.05) is 5.43 Å². The second-order valence-electron chi connectivity index (χ2n) is 5.44. The van der Waals surface area contributed by atoms with Crippen LogP contribution in [-0.4, -0.2) is 20.6 Å². The van der Waals surface area contributed by atoms with Crippen LogP contribution in [0.4, 0.5) is 0 Å². The number of nitrogens with zero attached hydrogens (tertiary/aromatic N) is 3. The molecule has 0 saturated carbocycles. The van der Waals surface area contributed by atoms with Gasteiger partial charge in [0.15, 0.2) is 0 Å². The van der Waals surface area contributed by atoms with Crippen LogP contribution >= 0.6 is 22.9 Å². The maximum absolute atomic E-state index is 12.3. The van der Waals surface area contributed by atoms with Crippen LogP contribution in [0, 0.1) is 0 Å². The molecular weight excluding hydrogens is 356 g/mol. The summed E-state index contributed by atoms with van der Waals surface area (Å²) in [6.07, 6.45) is 1.78. The number of carbonyl (C=O) groups excluding carboxylic acids is 1. The first-order chi connectivity index (χ1) is 12.2. The van der Waals surface area contributed by atoms with Crippen LogP contribution in [0.25, 0.3) is 21.6 Å². The molecule has 0 saturated heterocycles. The van der Waals surface area contributed by atoms with E-state index in [0.29, 0.717) is 10.7 Å². The van der Waals surface area contributed by atoms with E-state index in [9.17, 15) is 4.79 Å². The van der Waals surface area contributed by atoms with Gasteiger partial charge in [0.1, 0.15) is 11.3 Å². The van der Waals surface area contributed by atoms with E-state index in [4.69, 9.17) is 11.6 Å². The Morgan fingerprint density at radius 1 is 1.16 bits per heavy atom. The highest BCUT2D eigenvalue weighted by Crippen LogP contribution is 2.30. The van der Waals surface area contributed by atoms with Crippen molar-refractivity contribution >= 4 is 39.9 Å². The molecule has 0 radical (unpaired) electrons. The van der Waals surface area contributed by atoms with E-state index in [1.807, 2.05) is 53.9 Å². The lowest BCUT2D eigenvalue weighted by molar-refractivity contribution is -0.116. The third kappa shape index (κ3) is 3.26. The van der Waals surface area contributed by atoms with Crippen molar-refractivity contribution in [3.63, 3.8) is 0 Å². The molecule has 25 heavy (non-hydrogen) atoms. The molecule has 0 aliphatic heterocycles. The van der Waals surface area contributed by atoms with Crippen LogP contribution < -0.4 is 5.43 Å². The van der Waals surface area contributed by atoms with Gasteiger partial charge in [0, 0.05) is 10.9 Å². The molecule has 2 aromatic heterocycles. The maximum atomic E-state index is 12.3. The van der Waals surface area contributed by atoms with E-state index in [1.165, 1.54) is 11.3 Å². The predicted molar refractivity (Wildman–Crippen MR) is 100 cm³/mol. The molecule has 1 amide bonds. The minimum Gasteiger partial charge on any atom is -0.273 e. The fourth-order valence-electron chi connectivity index (χ4n) is 2.53. The molecule has 124 valence electrons. The van der Waals surface area contributed by atoms with Crippen LogP contribution in [0.5, 0.6) is 0 Å². The molecule has 0 fully saturated rings. The van der Waals surface area contributed by atoms with E-state index in [1.54, 1.807) is 11.0 Å². The number of benzene rings is 2. The van der Waals surface area contributed by atoms with E-state index >= 15 is 0 Å². The van der Waals surface area contributed by atoms with Crippen LogP contribution in [0.3, 0.4) is 0 Å². The summed E-state index contributed by atoms with van der Waals surface area (Å²) in [5.74, 6) is -0.154. The number of para-hydroxylation sites is 2. The zero-order valence-corrected chi connectivity index (χ0v) is 14.6. The van der Waals surface area contributed by atoms with Gasteiger partial charge in [0.2, 0.25) is 5.91 Å². The molecule has 0 aliphatic carbocycles. The standard InChI is InChI=1S/C18H13ClN4OS/c19-14-6-2-1-5-13(14)18-21-12(10-25-18)9-17(24)22-23-11-20-15-7-3-4-8-16(15)23/h1-8,10-11H,9H2,(H,22,24). The summed E-state index contributed by atoms with van der Waals surface area (Å²) in [6, 6.07) is 15.2. The number of carbonyl (C=O) groups is 1. The van der Waals surface area contributed by atoms with Crippen molar-refractivity contribution in [1.29, 1.82) is 0 Å². The molecule has 4 rings (SSSR count). The Labute approximate surface area is 152 Å². The SMILES string of the molecule is O=C(Cc1csc(-c2ccccc2Cl)n1)Nn1cnc2ccccc21. The normalized spacial score (nSPS) is 10.9. The van der Waals surface area contributed by atoms with Crippen molar-refractivity contribution < 1.29 is 4.79 Å². The Morgan fingerprint density at radius 2 is 1.96 bits per heavy atom. The smallest absolute Gasteiger partial charge is 0.244 e. The second kappa shape index (κ2) is 6.66. The Bertz CT molecular complexity index is 1060. The van der Waals surface area contributed by atoms with Crippen LogP contribution in [0.15, 0.2) is 60.2 Å². The van der Waals surface area contributed by atoms with E-state index in [-0.39, 0.29) is 12.3 Å². The zero-order chi connectivity index (χ0) is 17.2. The number of hydrogen-bond donors (Lipinski definition) is 1. The molecule has 5 nitrogen and oxygen atoms in total. The highest BCUT2D eigenvalue weighted by atomic mass is 35.5. The van der Waals surface area contributed by atoms with Gasteiger partial charge in [0.05, 0.1) is 28.2 Å². The van der Waals surface area contributed by atoms with Gasteiger partial charge in [0.25, 0.3) is 0 Å². The van der Waals surface area contributed by atoms with Gasteiger partial charge in [-0.25, -0.2) is 14.6 Å². The first-order valence-corrected chi connectivity index (χ1v) is 8.88. The maximum Gasteiger partial charge on any atom is 0.244 e. The lowest BCUT2D eigenvalue weighted by Crippen LogP contribution is -2.23. The average Bonchev–Trinajstić information content (AvgIpc) is 3.23. The summed E-state index contributed by atoms with van der Waals surface area (Å²) >= 11 is 7.68. The lowest BCUT2D eigenvalue weighted by Gasteiger charge is -2.05. The van der Waals surface area contributed by atoms with Gasteiger partial charge in [-0.3, -0.25) is 10.2 Å². The zero-order valence-electron chi connectivity index (χ0n) is 13.0. The summed E-state index contributed by atoms with van der Waals surface area (Å²) in [6.45, 7) is 0. The average molecular weight is 369 g/mol. The van der Waals surface area contributed by atoms with E-state index in [2.05, 4.69) is 15.4 Å². The number of aromatic nitrogens is 3. The summed E-state index contributed by atoms with van der Waals surface area (Å²) < 4.78 is 1.62. The molecule has 0 aliphatic rings. The van der Waals surface area contributed by atoms with Crippen molar-refractivity contribution in [1.82, 2.24) is 14.6 Å². The number of fused-ring (bicyclic) bond motifs is 1. The van der Waals surface area contributed by atoms with E-state index in [0.717, 1.165) is 21.6 Å². The Morgan fingerprint density at radius 3 is 2.84 bits per heavy atom. The number of imidazole rings is 1. The quantitative estimate of drug-likeness (QED) is 0.589. The van der Waals surface area contributed by atoms with Crippen LogP contribution in [0.2, 0.25) is 5.02 Å². The molecule has 0 bridgehead atoms. The van der Waals surface area contributed by atoms with E-state index < -0.39 is 0 Å². The molecule has 1 N–H and O–H groups in total. The minimum absolute atomic E-state index is 0.154. The summed E-state index contributed by atoms with van der Waals surface area (Å²) in [5, 5.41) is 3.34.